The maximum atomic E-state index is 11.3. The lowest BCUT2D eigenvalue weighted by Crippen LogP contribution is -2.29. The zero-order valence-electron chi connectivity index (χ0n) is 11.2. The van der Waals surface area contributed by atoms with Crippen molar-refractivity contribution in [3.8, 4) is 11.5 Å². The van der Waals surface area contributed by atoms with Gasteiger partial charge in [0.1, 0.15) is 11.5 Å². The van der Waals surface area contributed by atoms with Gasteiger partial charge in [-0.1, -0.05) is 0 Å². The third-order valence-electron chi connectivity index (χ3n) is 2.62. The maximum absolute atomic E-state index is 11.3. The molecule has 19 heavy (non-hydrogen) atoms. The van der Waals surface area contributed by atoms with Crippen molar-refractivity contribution in [2.45, 2.75) is 12.5 Å². The molecule has 106 valence electrons. The van der Waals surface area contributed by atoms with Crippen molar-refractivity contribution < 1.29 is 19.4 Å². The van der Waals surface area contributed by atoms with Crippen LogP contribution in [0.15, 0.2) is 18.2 Å². The number of nitrogens with two attached hydrogens (primary N) is 1. The van der Waals surface area contributed by atoms with E-state index in [1.165, 1.54) is 14.2 Å². The van der Waals surface area contributed by atoms with Crippen molar-refractivity contribution in [1.29, 1.82) is 0 Å². The quantitative estimate of drug-likeness (QED) is 0.657. The van der Waals surface area contributed by atoms with Crippen molar-refractivity contribution in [3.05, 3.63) is 23.8 Å². The molecular formula is C13H20N2O4. The summed E-state index contributed by atoms with van der Waals surface area (Å²) in [6, 6.07) is 5.10. The van der Waals surface area contributed by atoms with Crippen LogP contribution in [0.3, 0.4) is 0 Å². The number of benzene rings is 1. The Kier molecular flexibility index (Phi) is 6.11. The Morgan fingerprint density at radius 1 is 1.32 bits per heavy atom. The monoisotopic (exact) mass is 268 g/mol. The van der Waals surface area contributed by atoms with E-state index in [0.29, 0.717) is 17.1 Å². The Hall–Kier alpha value is -1.79. The van der Waals surface area contributed by atoms with E-state index in [0.717, 1.165) is 0 Å². The second-order valence-corrected chi connectivity index (χ2v) is 4.00. The molecule has 0 aliphatic carbocycles. The predicted molar refractivity (Wildman–Crippen MR) is 71.2 cm³/mol. The van der Waals surface area contributed by atoms with E-state index >= 15 is 0 Å². The third kappa shape index (κ3) is 4.76. The van der Waals surface area contributed by atoms with Crippen LogP contribution in [0.25, 0.3) is 0 Å². The molecule has 0 aromatic heterocycles. The highest BCUT2D eigenvalue weighted by atomic mass is 16.5. The topological polar surface area (TPSA) is 93.8 Å². The standard InChI is InChI=1S/C13H20N2O4/c1-18-10-5-9(6-11(7-10)19-2)12(16)8-15-13(17)3-4-14/h5-7,12,16H,3-4,8,14H2,1-2H3,(H,15,17). The van der Waals surface area contributed by atoms with Gasteiger partial charge in [0.2, 0.25) is 5.91 Å². The highest BCUT2D eigenvalue weighted by molar-refractivity contribution is 5.76. The van der Waals surface area contributed by atoms with E-state index in [4.69, 9.17) is 15.2 Å². The zero-order valence-corrected chi connectivity index (χ0v) is 11.2. The number of nitrogens with one attached hydrogen (secondary N) is 1. The smallest absolute Gasteiger partial charge is 0.221 e. The first-order valence-corrected chi connectivity index (χ1v) is 5.98. The number of carbonyl (C=O) groups excluding carboxylic acids is 1. The maximum Gasteiger partial charge on any atom is 0.221 e. The van der Waals surface area contributed by atoms with Crippen LogP contribution in [0.2, 0.25) is 0 Å². The Morgan fingerprint density at radius 3 is 2.37 bits per heavy atom. The van der Waals surface area contributed by atoms with Crippen LogP contribution in [0.5, 0.6) is 11.5 Å². The molecule has 0 spiro atoms. The fourth-order valence-corrected chi connectivity index (χ4v) is 1.57. The van der Waals surface area contributed by atoms with Gasteiger partial charge in [0.25, 0.3) is 0 Å². The molecule has 1 rings (SSSR count). The van der Waals surface area contributed by atoms with E-state index in [-0.39, 0.29) is 25.4 Å². The molecule has 0 radical (unpaired) electrons. The molecule has 0 heterocycles. The summed E-state index contributed by atoms with van der Waals surface area (Å²) in [5, 5.41) is 12.6. The van der Waals surface area contributed by atoms with Crippen molar-refractivity contribution in [3.63, 3.8) is 0 Å². The van der Waals surface area contributed by atoms with Gasteiger partial charge in [-0.3, -0.25) is 4.79 Å². The van der Waals surface area contributed by atoms with Crippen molar-refractivity contribution in [2.75, 3.05) is 27.3 Å². The van der Waals surface area contributed by atoms with Gasteiger partial charge < -0.3 is 25.6 Å². The van der Waals surface area contributed by atoms with Crippen LogP contribution >= 0.6 is 0 Å². The second-order valence-electron chi connectivity index (χ2n) is 4.00. The summed E-state index contributed by atoms with van der Waals surface area (Å²) >= 11 is 0. The number of hydrogen-bond acceptors (Lipinski definition) is 5. The minimum Gasteiger partial charge on any atom is -0.497 e. The van der Waals surface area contributed by atoms with Crippen LogP contribution in [-0.2, 0) is 4.79 Å². The first-order valence-electron chi connectivity index (χ1n) is 5.98. The number of aliphatic hydroxyl groups is 1. The number of hydrogen-bond donors (Lipinski definition) is 3. The number of carbonyl (C=O) groups is 1. The number of amides is 1. The van der Waals surface area contributed by atoms with Gasteiger partial charge >= 0.3 is 0 Å². The fraction of sp³-hybridized carbons (Fsp3) is 0.462. The minimum absolute atomic E-state index is 0.120. The van der Waals surface area contributed by atoms with E-state index in [1.807, 2.05) is 0 Å². The lowest BCUT2D eigenvalue weighted by Gasteiger charge is -2.14. The van der Waals surface area contributed by atoms with E-state index in [9.17, 15) is 9.90 Å². The van der Waals surface area contributed by atoms with Crippen molar-refractivity contribution in [1.82, 2.24) is 5.32 Å². The zero-order chi connectivity index (χ0) is 14.3. The number of rotatable bonds is 7. The van der Waals surface area contributed by atoms with Gasteiger partial charge in [0.05, 0.1) is 20.3 Å². The third-order valence-corrected chi connectivity index (χ3v) is 2.62. The predicted octanol–water partition coefficient (Wildman–Crippen LogP) is 0.202. The number of aliphatic hydroxyl groups excluding tert-OH is 1. The fourth-order valence-electron chi connectivity index (χ4n) is 1.57. The summed E-state index contributed by atoms with van der Waals surface area (Å²) in [4.78, 5) is 11.3. The summed E-state index contributed by atoms with van der Waals surface area (Å²) < 4.78 is 10.2. The Morgan fingerprint density at radius 2 is 1.89 bits per heavy atom. The molecule has 4 N–H and O–H groups in total. The average Bonchev–Trinajstić information content (AvgIpc) is 2.44. The molecule has 0 saturated heterocycles. The van der Waals surface area contributed by atoms with Gasteiger partial charge in [-0.05, 0) is 17.7 Å². The number of ether oxygens (including phenoxy) is 2. The van der Waals surface area contributed by atoms with Crippen LogP contribution in [-0.4, -0.2) is 38.3 Å². The lowest BCUT2D eigenvalue weighted by atomic mass is 10.1. The Bertz CT molecular complexity index is 401. The lowest BCUT2D eigenvalue weighted by molar-refractivity contribution is -0.121. The van der Waals surface area contributed by atoms with Crippen LogP contribution < -0.4 is 20.5 Å². The largest absolute Gasteiger partial charge is 0.497 e. The van der Waals surface area contributed by atoms with E-state index < -0.39 is 6.10 Å². The molecule has 0 fully saturated rings. The van der Waals surface area contributed by atoms with Gasteiger partial charge in [-0.25, -0.2) is 0 Å². The van der Waals surface area contributed by atoms with Crippen molar-refractivity contribution in [2.24, 2.45) is 5.73 Å². The van der Waals surface area contributed by atoms with Crippen LogP contribution in [0, 0.1) is 0 Å². The van der Waals surface area contributed by atoms with Crippen LogP contribution in [0.1, 0.15) is 18.1 Å². The molecule has 1 amide bonds. The molecule has 6 nitrogen and oxygen atoms in total. The summed E-state index contributed by atoms with van der Waals surface area (Å²) in [6.07, 6.45) is -0.584. The second kappa shape index (κ2) is 7.60. The van der Waals surface area contributed by atoms with Crippen molar-refractivity contribution >= 4 is 5.91 Å². The summed E-state index contributed by atoms with van der Waals surface area (Å²) in [6.45, 7) is 0.407. The Balaban J connectivity index is 2.70. The normalized spacial score (nSPS) is 11.8. The highest BCUT2D eigenvalue weighted by Gasteiger charge is 2.12. The number of methoxy groups -OCH3 is 2. The van der Waals surface area contributed by atoms with Crippen LogP contribution in [0.4, 0.5) is 0 Å². The Labute approximate surface area is 112 Å². The molecule has 1 atom stereocenters. The summed E-state index contributed by atoms with van der Waals surface area (Å²) in [7, 11) is 3.07. The first-order chi connectivity index (χ1) is 9.10. The van der Waals surface area contributed by atoms with Gasteiger partial charge in [0, 0.05) is 25.6 Å². The van der Waals surface area contributed by atoms with Gasteiger partial charge in [-0.2, -0.15) is 0 Å². The molecule has 1 aromatic carbocycles. The van der Waals surface area contributed by atoms with Gasteiger partial charge in [-0.15, -0.1) is 0 Å². The molecule has 1 aromatic rings. The van der Waals surface area contributed by atoms with E-state index in [1.54, 1.807) is 18.2 Å². The molecule has 0 aliphatic rings. The summed E-state index contributed by atoms with van der Waals surface area (Å²) in [5.41, 5.74) is 5.88. The first kappa shape index (κ1) is 15.3. The highest BCUT2D eigenvalue weighted by Crippen LogP contribution is 2.26. The SMILES string of the molecule is COc1cc(OC)cc(C(O)CNC(=O)CCN)c1. The molecule has 0 saturated carbocycles. The molecular weight excluding hydrogens is 248 g/mol. The molecule has 0 aliphatic heterocycles. The average molecular weight is 268 g/mol. The molecule has 0 bridgehead atoms. The molecule has 1 unspecified atom stereocenters. The molecule has 6 heteroatoms. The summed E-state index contributed by atoms with van der Waals surface area (Å²) in [5.74, 6) is 0.986. The van der Waals surface area contributed by atoms with E-state index in [2.05, 4.69) is 5.32 Å². The minimum atomic E-state index is -0.828. The van der Waals surface area contributed by atoms with Gasteiger partial charge in [0.15, 0.2) is 0 Å².